The van der Waals surface area contributed by atoms with Gasteiger partial charge < -0.3 is 0 Å². The molecule has 0 spiro atoms. The monoisotopic (exact) mass is 383 g/mol. The largest absolute Gasteiger partial charge is 0.280 e. The molecule has 2 aromatic carbocycles. The molecule has 3 rings (SSSR count). The highest BCUT2D eigenvalue weighted by atomic mass is 35.5. The Morgan fingerprint density at radius 2 is 1.96 bits per heavy atom. The Hall–Kier alpha value is -2.45. The first-order valence-electron chi connectivity index (χ1n) is 7.08. The van der Waals surface area contributed by atoms with Crippen molar-refractivity contribution in [2.24, 2.45) is 0 Å². The van der Waals surface area contributed by atoms with Gasteiger partial charge >= 0.3 is 0 Å². The first kappa shape index (κ1) is 17.4. The minimum Gasteiger partial charge on any atom is -0.280 e. The number of rotatable bonds is 5. The first-order chi connectivity index (χ1) is 11.8. The van der Waals surface area contributed by atoms with E-state index in [1.807, 2.05) is 0 Å². The fourth-order valence-electron chi connectivity index (χ4n) is 2.25. The maximum absolute atomic E-state index is 13.7. The Balaban J connectivity index is 1.83. The van der Waals surface area contributed by atoms with Crippen molar-refractivity contribution < 1.29 is 17.2 Å². The molecule has 130 valence electrons. The highest BCUT2D eigenvalue weighted by molar-refractivity contribution is 7.92. The molecule has 1 aromatic heterocycles. The van der Waals surface area contributed by atoms with Gasteiger partial charge in [-0.3, -0.25) is 9.40 Å². The number of anilines is 1. The summed E-state index contributed by atoms with van der Waals surface area (Å²) >= 11 is 5.80. The van der Waals surface area contributed by atoms with Crippen molar-refractivity contribution >= 4 is 27.3 Å². The second kappa shape index (κ2) is 6.81. The highest BCUT2D eigenvalue weighted by Crippen LogP contribution is 2.21. The molecule has 0 aliphatic rings. The van der Waals surface area contributed by atoms with Crippen molar-refractivity contribution in [2.45, 2.75) is 11.4 Å². The van der Waals surface area contributed by atoms with Crippen molar-refractivity contribution in [2.75, 3.05) is 4.72 Å². The minimum atomic E-state index is -4.18. The van der Waals surface area contributed by atoms with E-state index in [9.17, 15) is 17.2 Å². The molecular weight excluding hydrogens is 372 g/mol. The van der Waals surface area contributed by atoms with E-state index in [-0.39, 0.29) is 5.69 Å². The average molecular weight is 384 g/mol. The molecule has 0 atom stereocenters. The molecule has 0 radical (unpaired) electrons. The van der Waals surface area contributed by atoms with Crippen LogP contribution in [0.4, 0.5) is 14.5 Å². The van der Waals surface area contributed by atoms with Crippen LogP contribution in [-0.2, 0) is 16.6 Å². The zero-order chi connectivity index (χ0) is 18.0. The van der Waals surface area contributed by atoms with E-state index in [4.69, 9.17) is 11.6 Å². The van der Waals surface area contributed by atoms with Crippen LogP contribution < -0.4 is 4.72 Å². The number of nitrogens with one attached hydrogen (secondary N) is 1. The van der Waals surface area contributed by atoms with Gasteiger partial charge in [-0.15, -0.1) is 0 Å². The van der Waals surface area contributed by atoms with Crippen molar-refractivity contribution in [3.05, 3.63) is 77.1 Å². The fraction of sp³-hybridized carbons (Fsp3) is 0.0625. The number of aromatic nitrogens is 2. The van der Waals surface area contributed by atoms with E-state index in [2.05, 4.69) is 9.82 Å². The van der Waals surface area contributed by atoms with Crippen molar-refractivity contribution in [3.8, 4) is 0 Å². The molecule has 1 N–H and O–H groups in total. The molecule has 0 aliphatic heterocycles. The SMILES string of the molecule is O=S(=O)(Nc1cccc(Cn2cc(Cl)cn2)c1)c1ccc(F)cc1F. The van der Waals surface area contributed by atoms with Gasteiger partial charge in [0, 0.05) is 18.0 Å². The molecule has 0 saturated carbocycles. The van der Waals surface area contributed by atoms with E-state index in [0.29, 0.717) is 17.6 Å². The second-order valence-electron chi connectivity index (χ2n) is 5.24. The quantitative estimate of drug-likeness (QED) is 0.731. The van der Waals surface area contributed by atoms with Crippen LogP contribution in [0.5, 0.6) is 0 Å². The third-order valence-electron chi connectivity index (χ3n) is 3.31. The standard InChI is InChI=1S/C16H12ClF2N3O2S/c17-12-8-20-22(10-12)9-11-2-1-3-14(6-11)21-25(23,24)16-5-4-13(18)7-15(16)19/h1-8,10,21H,9H2. The summed E-state index contributed by atoms with van der Waals surface area (Å²) in [5.74, 6) is -2.01. The predicted molar refractivity (Wildman–Crippen MR) is 89.9 cm³/mol. The van der Waals surface area contributed by atoms with E-state index < -0.39 is 26.6 Å². The lowest BCUT2D eigenvalue weighted by Gasteiger charge is -2.10. The lowest BCUT2D eigenvalue weighted by Crippen LogP contribution is -2.15. The van der Waals surface area contributed by atoms with Gasteiger partial charge in [0.05, 0.1) is 17.8 Å². The summed E-state index contributed by atoms with van der Waals surface area (Å²) in [6, 6.07) is 8.84. The van der Waals surface area contributed by atoms with Crippen LogP contribution in [0.1, 0.15) is 5.56 Å². The van der Waals surface area contributed by atoms with E-state index in [1.54, 1.807) is 29.1 Å². The second-order valence-corrected chi connectivity index (χ2v) is 7.32. The molecule has 1 heterocycles. The summed E-state index contributed by atoms with van der Waals surface area (Å²) in [5, 5.41) is 4.53. The first-order valence-corrected chi connectivity index (χ1v) is 8.94. The number of nitrogens with zero attached hydrogens (tertiary/aromatic N) is 2. The maximum Gasteiger partial charge on any atom is 0.264 e. The summed E-state index contributed by atoms with van der Waals surface area (Å²) < 4.78 is 55.2. The Bertz CT molecular complexity index is 1020. The number of halogens is 3. The number of benzene rings is 2. The third kappa shape index (κ3) is 4.15. The molecule has 0 amide bonds. The molecule has 5 nitrogen and oxygen atoms in total. The Kier molecular flexibility index (Phi) is 4.73. The zero-order valence-corrected chi connectivity index (χ0v) is 14.2. The van der Waals surface area contributed by atoms with Gasteiger partial charge in [0.25, 0.3) is 10.0 Å². The van der Waals surface area contributed by atoms with Crippen molar-refractivity contribution in [3.63, 3.8) is 0 Å². The van der Waals surface area contributed by atoms with Crippen LogP contribution in [-0.4, -0.2) is 18.2 Å². The van der Waals surface area contributed by atoms with E-state index >= 15 is 0 Å². The summed E-state index contributed by atoms with van der Waals surface area (Å²) in [7, 11) is -4.18. The summed E-state index contributed by atoms with van der Waals surface area (Å²) in [5.41, 5.74) is 1.01. The molecule has 0 unspecified atom stereocenters. The zero-order valence-electron chi connectivity index (χ0n) is 12.7. The van der Waals surface area contributed by atoms with Crippen LogP contribution in [0.25, 0.3) is 0 Å². The lowest BCUT2D eigenvalue weighted by molar-refractivity contribution is 0.551. The Morgan fingerprint density at radius 3 is 2.64 bits per heavy atom. The van der Waals surface area contributed by atoms with Gasteiger partial charge in [0.2, 0.25) is 0 Å². The summed E-state index contributed by atoms with van der Waals surface area (Å²) in [6.07, 6.45) is 3.12. The summed E-state index contributed by atoms with van der Waals surface area (Å²) in [4.78, 5) is -0.627. The predicted octanol–water partition coefficient (Wildman–Crippen LogP) is 3.66. The average Bonchev–Trinajstić information content (AvgIpc) is 2.91. The van der Waals surface area contributed by atoms with Gasteiger partial charge in [-0.2, -0.15) is 5.10 Å². The summed E-state index contributed by atoms with van der Waals surface area (Å²) in [6.45, 7) is 0.382. The van der Waals surface area contributed by atoms with Gasteiger partial charge in [-0.1, -0.05) is 23.7 Å². The highest BCUT2D eigenvalue weighted by Gasteiger charge is 2.19. The third-order valence-corrected chi connectivity index (χ3v) is 4.92. The van der Waals surface area contributed by atoms with Crippen LogP contribution in [0.2, 0.25) is 5.02 Å². The molecular formula is C16H12ClF2N3O2S. The normalized spacial score (nSPS) is 11.5. The Labute approximate surface area is 147 Å². The molecule has 0 bridgehead atoms. The number of sulfonamides is 1. The van der Waals surface area contributed by atoms with Crippen molar-refractivity contribution in [1.82, 2.24) is 9.78 Å². The maximum atomic E-state index is 13.7. The van der Waals surface area contributed by atoms with Crippen LogP contribution in [0.15, 0.2) is 59.8 Å². The van der Waals surface area contributed by atoms with Crippen LogP contribution in [0, 0.1) is 11.6 Å². The lowest BCUT2D eigenvalue weighted by atomic mass is 10.2. The number of hydrogen-bond donors (Lipinski definition) is 1. The molecule has 3 aromatic rings. The topological polar surface area (TPSA) is 64.0 Å². The van der Waals surface area contributed by atoms with Crippen molar-refractivity contribution in [1.29, 1.82) is 0 Å². The van der Waals surface area contributed by atoms with Crippen LogP contribution in [0.3, 0.4) is 0 Å². The Morgan fingerprint density at radius 1 is 1.16 bits per heavy atom. The molecule has 25 heavy (non-hydrogen) atoms. The molecule has 0 aliphatic carbocycles. The van der Waals surface area contributed by atoms with Gasteiger partial charge in [-0.25, -0.2) is 17.2 Å². The fourth-order valence-corrected chi connectivity index (χ4v) is 3.51. The van der Waals surface area contributed by atoms with Gasteiger partial charge in [0.1, 0.15) is 16.5 Å². The van der Waals surface area contributed by atoms with E-state index in [1.165, 1.54) is 12.3 Å². The van der Waals surface area contributed by atoms with Gasteiger partial charge in [0.15, 0.2) is 0 Å². The van der Waals surface area contributed by atoms with Crippen LogP contribution >= 0.6 is 11.6 Å². The van der Waals surface area contributed by atoms with E-state index in [0.717, 1.165) is 17.7 Å². The molecule has 0 saturated heterocycles. The number of hydrogen-bond acceptors (Lipinski definition) is 3. The smallest absolute Gasteiger partial charge is 0.264 e. The van der Waals surface area contributed by atoms with Gasteiger partial charge in [-0.05, 0) is 29.8 Å². The minimum absolute atomic E-state index is 0.250. The molecule has 9 heteroatoms. The molecule has 0 fully saturated rings.